The Morgan fingerprint density at radius 2 is 1.03 bits per heavy atom. The number of ether oxygens (including phenoxy) is 9. The summed E-state index contributed by atoms with van der Waals surface area (Å²) in [7, 11) is 11.7. The Balaban J connectivity index is 0.000000118. The monoisotopic (exact) mass is 1430 g/mol. The first-order valence-corrected chi connectivity index (χ1v) is 36.9. The molecule has 4 aromatic rings. The maximum atomic E-state index is 13.4. The van der Waals surface area contributed by atoms with Crippen LogP contribution in [0.5, 0.6) is 46.0 Å². The van der Waals surface area contributed by atoms with Crippen molar-refractivity contribution in [3.05, 3.63) is 117 Å². The van der Waals surface area contributed by atoms with Crippen LogP contribution in [0.3, 0.4) is 0 Å². The van der Waals surface area contributed by atoms with Crippen LogP contribution in [0.4, 0.5) is 4.79 Å². The highest BCUT2D eigenvalue weighted by Crippen LogP contribution is 2.69. The molecule has 552 valence electrons. The fraction of sp³-hybridized carbons (Fsp3) is 0.582. The minimum Gasteiger partial charge on any atom is -0.504 e. The third-order valence-corrected chi connectivity index (χ3v) is 27.3. The third kappa shape index (κ3) is 9.18. The number of esters is 1. The van der Waals surface area contributed by atoms with Crippen molar-refractivity contribution in [3.8, 4) is 46.0 Å². The highest BCUT2D eigenvalue weighted by molar-refractivity contribution is 5.95. The van der Waals surface area contributed by atoms with Gasteiger partial charge in [-0.05, 0) is 205 Å². The lowest BCUT2D eigenvalue weighted by molar-refractivity contribution is -0.163. The van der Waals surface area contributed by atoms with Gasteiger partial charge in [-0.1, -0.05) is 52.8 Å². The van der Waals surface area contributed by atoms with Crippen LogP contribution in [0.15, 0.2) is 83.1 Å². The lowest BCUT2D eigenvalue weighted by atomic mass is 9.49. The number of aliphatic hydroxyl groups is 3. The Morgan fingerprint density at radius 3 is 1.57 bits per heavy atom. The number of benzene rings is 4. The van der Waals surface area contributed by atoms with Crippen LogP contribution in [-0.4, -0.2) is 234 Å². The Morgan fingerprint density at radius 1 is 0.558 bits per heavy atom. The van der Waals surface area contributed by atoms with Crippen molar-refractivity contribution in [2.45, 2.75) is 197 Å². The molecule has 6 fully saturated rings. The first-order valence-electron chi connectivity index (χ1n) is 36.9. The number of carboxylic acid groups (broad SMARTS) is 1. The zero-order valence-corrected chi connectivity index (χ0v) is 60.2. The normalized spacial score (nSPS) is 37.8. The number of hydrogen-bond donors (Lipinski definition) is 5. The van der Waals surface area contributed by atoms with Gasteiger partial charge in [-0.3, -0.25) is 0 Å². The van der Waals surface area contributed by atoms with Crippen LogP contribution in [0, 0.1) is 11.8 Å². The number of aliphatic carboxylic acids is 1. The summed E-state index contributed by atoms with van der Waals surface area (Å²) in [5.41, 5.74) is 5.91. The second-order valence-electron chi connectivity index (χ2n) is 32.9. The van der Waals surface area contributed by atoms with Crippen LogP contribution in [-0.2, 0) is 76.1 Å². The van der Waals surface area contributed by atoms with Gasteiger partial charge in [0.2, 0.25) is 13.2 Å². The minimum atomic E-state index is -1.08. The van der Waals surface area contributed by atoms with E-state index in [1.807, 2.05) is 36.4 Å². The van der Waals surface area contributed by atoms with E-state index in [0.717, 1.165) is 93.4 Å². The van der Waals surface area contributed by atoms with Gasteiger partial charge < -0.3 is 97.4 Å². The van der Waals surface area contributed by atoms with Gasteiger partial charge in [0.15, 0.2) is 64.3 Å². The molecule has 5 N–H and O–H groups in total. The SMILES string of the molecule is CN1CC[C@]23c4c5ccc(OC(=O)OC(C)(C)C)c4O[C@H]2[C@H](O)C=CC3C1C5.COc1ccc2c3c1O[C@H]1/C(=N/OCC(=O)O)CC[C@@]4(O)C(C2)N(C)CC[C@]314.COc1ccc2c3c1O[C@H]1/C(=N/OCC(=O)O[C@H]4C=CC5C6Cc7ccc(O)c8c7[C@@]5(CCN6C)[C@H]4O8)CC[C@@]4(O)C(C2)N(C)CC[C@]314. The van der Waals surface area contributed by atoms with Crippen molar-refractivity contribution in [1.29, 1.82) is 0 Å². The number of rotatable bonds is 10. The predicted molar refractivity (Wildman–Crippen MR) is 375 cm³/mol. The van der Waals surface area contributed by atoms with Gasteiger partial charge in [-0.25, -0.2) is 14.4 Å². The van der Waals surface area contributed by atoms with Crippen LogP contribution >= 0.6 is 0 Å². The molecule has 4 spiro atoms. The number of phenolic OH excluding ortho intramolecular Hbond substituents is 1. The molecule has 0 amide bonds. The molecule has 25 heteroatoms. The number of piperidine rings is 4. The molecule has 0 radical (unpaired) electrons. The Kier molecular flexibility index (Phi) is 15.4. The molecule has 16 aliphatic rings. The molecule has 4 saturated heterocycles. The fourth-order valence-corrected chi connectivity index (χ4v) is 23.1. The molecule has 8 bridgehead atoms. The maximum Gasteiger partial charge on any atom is 0.514 e. The molecule has 104 heavy (non-hydrogen) atoms. The fourth-order valence-electron chi connectivity index (χ4n) is 23.1. The summed E-state index contributed by atoms with van der Waals surface area (Å²) in [5, 5.41) is 63.5. The van der Waals surface area contributed by atoms with E-state index >= 15 is 0 Å². The van der Waals surface area contributed by atoms with E-state index in [0.29, 0.717) is 95.9 Å². The van der Waals surface area contributed by atoms with E-state index in [9.17, 15) is 34.8 Å². The van der Waals surface area contributed by atoms with Gasteiger partial charge in [-0.15, -0.1) is 0 Å². The molecule has 18 atom stereocenters. The molecule has 8 aliphatic carbocycles. The number of methoxy groups -OCH3 is 2. The van der Waals surface area contributed by atoms with Gasteiger partial charge in [-0.2, -0.15) is 0 Å². The number of likely N-dealkylation sites (N-methyl/N-ethyl adjacent to an activating group) is 4. The molecule has 6 unspecified atom stereocenters. The highest BCUT2D eigenvalue weighted by atomic mass is 16.7. The Bertz CT molecular complexity index is 4420. The van der Waals surface area contributed by atoms with Crippen LogP contribution in [0.25, 0.3) is 0 Å². The van der Waals surface area contributed by atoms with Crippen molar-refractivity contribution in [1.82, 2.24) is 19.6 Å². The van der Waals surface area contributed by atoms with Crippen LogP contribution in [0.2, 0.25) is 0 Å². The molecule has 4 aromatic carbocycles. The van der Waals surface area contributed by atoms with E-state index in [1.165, 1.54) is 22.3 Å². The molecular formula is C79H92N6O19. The largest absolute Gasteiger partial charge is 0.514 e. The van der Waals surface area contributed by atoms with E-state index in [-0.39, 0.29) is 53.2 Å². The summed E-state index contributed by atoms with van der Waals surface area (Å²) < 4.78 is 54.1. The maximum absolute atomic E-state index is 13.4. The quantitative estimate of drug-likeness (QED) is 0.0500. The van der Waals surface area contributed by atoms with Gasteiger partial charge in [0.05, 0.1) is 47.7 Å². The number of aliphatic hydroxyl groups excluding tert-OH is 1. The van der Waals surface area contributed by atoms with E-state index in [4.69, 9.17) is 57.4 Å². The average molecular weight is 1430 g/mol. The summed E-state index contributed by atoms with van der Waals surface area (Å²) in [6.07, 6.45) is 12.9. The summed E-state index contributed by atoms with van der Waals surface area (Å²) in [6.45, 7) is 8.05. The lowest BCUT2D eigenvalue weighted by Crippen LogP contribution is -2.76. The highest BCUT2D eigenvalue weighted by Gasteiger charge is 2.75. The standard InChI is InChI=1S/C37H41N3O8.C22H27NO5.C20H24N2O6/c1-39-14-12-35-21-6-9-26(34(35)47-31-24(41)7-4-19(29(31)35)16-23(21)39)46-28(42)18-45-38-22-10-11-37(43)27-17-20-5-8-25(44-3)32-30(20)36(37,33(22)48-32)13-15-40(27)2;1-21(2,3)28-20(25)26-16-8-5-12-11-14-13-6-7-15(24)19-22(13,9-10-23(14)4)17(12)18(16)27-19;1-22-8-7-19-16-11-3-4-13(26-2)17(16)28-18(19)12(21-27-10-15(23)24)5-6-20(19,25)14(22)9-11/h4-9,21,23,26-27,33-34,41,43H,10-18H2,1-3H3;5-8,13-15,19,24H,9-11H2,1-4H3;3-4,14,18,25H,5-10H2,1-2H3,(H,23,24)/b38-22+;;21-12+/t21?,23?,26-,27?,33-,34-,35-,36-,37+;13?,14?,15-,19+,22+;14?,18-,19-,20+/m010/s1. The van der Waals surface area contributed by atoms with Gasteiger partial charge in [0.25, 0.3) is 0 Å². The number of carbonyl (C=O) groups is 3. The molecule has 25 nitrogen and oxygen atoms in total. The number of carboxylic acids is 1. The Hall–Kier alpha value is -8.17. The van der Waals surface area contributed by atoms with E-state index in [2.05, 4.69) is 82.4 Å². The van der Waals surface area contributed by atoms with Crippen molar-refractivity contribution >= 4 is 29.5 Å². The number of carbonyl (C=O) groups excluding carboxylic acids is 2. The number of aromatic hydroxyl groups is 1. The van der Waals surface area contributed by atoms with Gasteiger partial charge in [0.1, 0.15) is 23.9 Å². The number of hydrogen-bond acceptors (Lipinski definition) is 24. The number of nitrogens with zero attached hydrogens (tertiary/aromatic N) is 6. The summed E-state index contributed by atoms with van der Waals surface area (Å²) in [5.74, 6) is 3.16. The van der Waals surface area contributed by atoms with Crippen LogP contribution in [0.1, 0.15) is 117 Å². The van der Waals surface area contributed by atoms with Gasteiger partial charge in [0, 0.05) is 69.1 Å². The smallest absolute Gasteiger partial charge is 0.504 e. The first kappa shape index (κ1) is 67.7. The zero-order chi connectivity index (χ0) is 72.3. The van der Waals surface area contributed by atoms with Crippen molar-refractivity contribution in [2.24, 2.45) is 22.1 Å². The van der Waals surface area contributed by atoms with Crippen molar-refractivity contribution < 1.29 is 92.2 Å². The molecule has 2 saturated carbocycles. The van der Waals surface area contributed by atoms with Crippen LogP contribution < -0.4 is 33.2 Å². The molecular weight excluding hydrogens is 1340 g/mol. The Labute approximate surface area is 603 Å². The molecule has 20 rings (SSSR count). The first-order chi connectivity index (χ1) is 49.8. The van der Waals surface area contributed by atoms with Gasteiger partial charge >= 0.3 is 18.1 Å². The second-order valence-corrected chi connectivity index (χ2v) is 32.9. The number of likely N-dealkylation sites (tertiary alicyclic amines) is 4. The summed E-state index contributed by atoms with van der Waals surface area (Å²) in [4.78, 5) is 56.6. The van der Waals surface area contributed by atoms with Crippen molar-refractivity contribution in [2.75, 3.05) is 81.8 Å². The molecule has 8 heterocycles. The summed E-state index contributed by atoms with van der Waals surface area (Å²) >= 11 is 0. The topological polar surface area (TPSA) is 292 Å². The molecule has 0 aromatic heterocycles. The predicted octanol–water partition coefficient (Wildman–Crippen LogP) is 6.36. The minimum absolute atomic E-state index is 0.000632. The third-order valence-electron chi connectivity index (χ3n) is 27.3. The van der Waals surface area contributed by atoms with Crippen molar-refractivity contribution in [3.63, 3.8) is 0 Å². The average Bonchev–Trinajstić information content (AvgIpc) is 1.47. The number of oxime groups is 2. The zero-order valence-electron chi connectivity index (χ0n) is 60.2. The van der Waals surface area contributed by atoms with E-state index < -0.39 is 82.9 Å². The van der Waals surface area contributed by atoms with E-state index in [1.54, 1.807) is 47.1 Å². The number of phenols is 1. The molecule has 8 aliphatic heterocycles. The lowest BCUT2D eigenvalue weighted by Gasteiger charge is -2.62. The summed E-state index contributed by atoms with van der Waals surface area (Å²) in [6, 6.07) is 16.3. The second kappa shape index (κ2) is 23.7.